The van der Waals surface area contributed by atoms with Gasteiger partial charge in [0.2, 0.25) is 0 Å². The molecule has 2 aromatic carbocycles. The molecule has 1 fully saturated rings. The highest BCUT2D eigenvalue weighted by Gasteiger charge is 2.42. The summed E-state index contributed by atoms with van der Waals surface area (Å²) in [4.78, 5) is 7.05. The van der Waals surface area contributed by atoms with E-state index in [2.05, 4.69) is 16.5 Å². The fourth-order valence-corrected chi connectivity index (χ4v) is 5.75. The molecule has 4 rings (SSSR count). The topological polar surface area (TPSA) is 65.6 Å². The summed E-state index contributed by atoms with van der Waals surface area (Å²) in [5.74, 6) is -4.33. The van der Waals surface area contributed by atoms with Crippen LogP contribution in [0.15, 0.2) is 66.2 Å². The van der Waals surface area contributed by atoms with Crippen LogP contribution in [-0.4, -0.2) is 70.5 Å². The lowest BCUT2D eigenvalue weighted by Gasteiger charge is -2.35. The van der Waals surface area contributed by atoms with Crippen molar-refractivity contribution in [1.29, 1.82) is 0 Å². The Bertz CT molecular complexity index is 1340. The van der Waals surface area contributed by atoms with Gasteiger partial charge < -0.3 is 19.5 Å². The molecule has 1 atom stereocenters. The molecule has 3 aromatic rings. The molecule has 6 nitrogen and oxygen atoms in total. The summed E-state index contributed by atoms with van der Waals surface area (Å²) >= 11 is 0. The number of aromatic amines is 1. The number of piperazine rings is 1. The standard InChI is InChI=1S/C25H27F4N3O3S/c1-3-23(36(33,34)19-6-4-17-8-9-30-20(17)15-19)18-5-7-22(35-16-25(28,29)24(26)27)21(14-18)32-12-10-31(2)11-13-32/h3-9,14-15,23-24,30H,1,10-13,16H2,2H3. The van der Waals surface area contributed by atoms with E-state index in [0.29, 0.717) is 42.9 Å². The van der Waals surface area contributed by atoms with Gasteiger partial charge in [0.1, 0.15) is 11.0 Å². The SMILES string of the molecule is C=CC(c1ccc(OCC(F)(F)C(F)F)c(N2CCN(C)CC2)c1)S(=O)(=O)c1ccc2cc[nH]c2c1. The first-order valence-electron chi connectivity index (χ1n) is 11.3. The van der Waals surface area contributed by atoms with Crippen LogP contribution in [0.25, 0.3) is 10.9 Å². The van der Waals surface area contributed by atoms with Crippen LogP contribution in [0.2, 0.25) is 0 Å². The minimum Gasteiger partial charge on any atom is -0.485 e. The highest BCUT2D eigenvalue weighted by atomic mass is 32.2. The number of aromatic nitrogens is 1. The molecule has 0 radical (unpaired) electrons. The summed E-state index contributed by atoms with van der Waals surface area (Å²) in [7, 11) is -1.97. The molecule has 0 aliphatic carbocycles. The summed E-state index contributed by atoms with van der Waals surface area (Å²) in [5.41, 5.74) is 1.40. The average Bonchev–Trinajstić information content (AvgIpc) is 3.32. The van der Waals surface area contributed by atoms with Crippen LogP contribution in [0.5, 0.6) is 5.75 Å². The van der Waals surface area contributed by atoms with Crippen molar-refractivity contribution < 1.29 is 30.7 Å². The third kappa shape index (κ3) is 5.22. The van der Waals surface area contributed by atoms with Gasteiger partial charge in [-0.1, -0.05) is 18.2 Å². The molecule has 0 bridgehead atoms. The van der Waals surface area contributed by atoms with Crippen LogP contribution in [0, 0.1) is 0 Å². The van der Waals surface area contributed by atoms with Gasteiger partial charge in [-0.15, -0.1) is 6.58 Å². The van der Waals surface area contributed by atoms with E-state index in [4.69, 9.17) is 4.74 Å². The highest BCUT2D eigenvalue weighted by molar-refractivity contribution is 7.91. The highest BCUT2D eigenvalue weighted by Crippen LogP contribution is 2.38. The molecular formula is C25H27F4N3O3S. The average molecular weight is 526 g/mol. The van der Waals surface area contributed by atoms with Crippen LogP contribution in [0.1, 0.15) is 10.8 Å². The van der Waals surface area contributed by atoms with Gasteiger partial charge in [0, 0.05) is 37.9 Å². The number of halogens is 4. The number of hydrogen-bond acceptors (Lipinski definition) is 5. The molecule has 1 saturated heterocycles. The van der Waals surface area contributed by atoms with Crippen molar-refractivity contribution in [3.05, 3.63) is 66.9 Å². The Hall–Kier alpha value is -3.05. The number of ether oxygens (including phenoxy) is 1. The summed E-state index contributed by atoms with van der Waals surface area (Å²) in [6.45, 7) is 4.63. The number of rotatable bonds is 9. The fourth-order valence-electron chi connectivity index (χ4n) is 4.16. The van der Waals surface area contributed by atoms with E-state index >= 15 is 0 Å². The zero-order valence-electron chi connectivity index (χ0n) is 19.6. The minimum absolute atomic E-state index is 0.0170. The summed E-state index contributed by atoms with van der Waals surface area (Å²) in [6.07, 6.45) is -0.843. The molecule has 1 aliphatic rings. The summed E-state index contributed by atoms with van der Waals surface area (Å²) in [5, 5.41) is -0.267. The number of benzene rings is 2. The fraction of sp³-hybridized carbons (Fsp3) is 0.360. The zero-order valence-corrected chi connectivity index (χ0v) is 20.4. The molecule has 36 heavy (non-hydrogen) atoms. The number of sulfone groups is 1. The van der Waals surface area contributed by atoms with Crippen LogP contribution in [0.3, 0.4) is 0 Å². The van der Waals surface area contributed by atoms with Gasteiger partial charge in [0.15, 0.2) is 16.4 Å². The lowest BCUT2D eigenvalue weighted by atomic mass is 10.1. The molecule has 1 aliphatic heterocycles. The van der Waals surface area contributed by atoms with Crippen LogP contribution in [0.4, 0.5) is 23.2 Å². The zero-order chi connectivity index (χ0) is 26.1. The predicted molar refractivity (Wildman–Crippen MR) is 131 cm³/mol. The third-order valence-corrected chi connectivity index (χ3v) is 8.34. The van der Waals surface area contributed by atoms with Crippen molar-refractivity contribution in [2.24, 2.45) is 0 Å². The summed E-state index contributed by atoms with van der Waals surface area (Å²) in [6, 6.07) is 10.9. The van der Waals surface area contributed by atoms with E-state index in [-0.39, 0.29) is 10.6 Å². The molecule has 1 unspecified atom stereocenters. The van der Waals surface area contributed by atoms with Gasteiger partial charge in [-0.25, -0.2) is 17.2 Å². The first kappa shape index (κ1) is 26.0. The second-order valence-electron chi connectivity index (χ2n) is 8.80. The second-order valence-corrected chi connectivity index (χ2v) is 10.9. The molecule has 2 heterocycles. The van der Waals surface area contributed by atoms with Crippen molar-refractivity contribution in [1.82, 2.24) is 9.88 Å². The maximum absolute atomic E-state index is 13.6. The lowest BCUT2D eigenvalue weighted by molar-refractivity contribution is -0.148. The Balaban J connectivity index is 1.71. The predicted octanol–water partition coefficient (Wildman–Crippen LogP) is 4.90. The number of hydrogen-bond donors (Lipinski definition) is 1. The lowest BCUT2D eigenvalue weighted by Crippen LogP contribution is -2.44. The smallest absolute Gasteiger partial charge is 0.340 e. The molecule has 11 heteroatoms. The van der Waals surface area contributed by atoms with Crippen LogP contribution >= 0.6 is 0 Å². The maximum atomic E-state index is 13.6. The maximum Gasteiger partial charge on any atom is 0.340 e. The van der Waals surface area contributed by atoms with Gasteiger partial charge in [-0.05, 0) is 48.3 Å². The molecule has 194 valence electrons. The molecule has 0 amide bonds. The Morgan fingerprint density at radius 3 is 2.50 bits per heavy atom. The minimum atomic E-state index is -4.32. The van der Waals surface area contributed by atoms with E-state index in [1.54, 1.807) is 24.4 Å². The Kier molecular flexibility index (Phi) is 7.33. The van der Waals surface area contributed by atoms with Gasteiger partial charge in [-0.2, -0.15) is 8.78 Å². The van der Waals surface area contributed by atoms with E-state index in [1.165, 1.54) is 24.3 Å². The molecule has 0 saturated carbocycles. The van der Waals surface area contributed by atoms with Crippen molar-refractivity contribution in [3.63, 3.8) is 0 Å². The van der Waals surface area contributed by atoms with E-state index in [0.717, 1.165) is 5.39 Å². The second kappa shape index (κ2) is 10.1. The quantitative estimate of drug-likeness (QED) is 0.318. The molecule has 1 N–H and O–H groups in total. The number of nitrogens with one attached hydrogen (secondary N) is 1. The van der Waals surface area contributed by atoms with Crippen LogP contribution < -0.4 is 9.64 Å². The first-order valence-corrected chi connectivity index (χ1v) is 12.9. The third-order valence-electron chi connectivity index (χ3n) is 6.30. The van der Waals surface area contributed by atoms with Crippen molar-refractivity contribution in [3.8, 4) is 5.75 Å². The first-order chi connectivity index (χ1) is 17.0. The van der Waals surface area contributed by atoms with Crippen molar-refractivity contribution in [2.45, 2.75) is 22.5 Å². The normalized spacial score (nSPS) is 16.4. The van der Waals surface area contributed by atoms with E-state index < -0.39 is 34.0 Å². The van der Waals surface area contributed by atoms with Crippen molar-refractivity contribution >= 4 is 26.4 Å². The number of alkyl halides is 4. The van der Waals surface area contributed by atoms with E-state index in [1.807, 2.05) is 18.0 Å². The molecule has 1 aromatic heterocycles. The number of H-pyrrole nitrogens is 1. The summed E-state index contributed by atoms with van der Waals surface area (Å²) < 4.78 is 84.7. The molecule has 0 spiro atoms. The van der Waals surface area contributed by atoms with Gasteiger partial charge in [0.05, 0.1) is 10.6 Å². The van der Waals surface area contributed by atoms with Gasteiger partial charge >= 0.3 is 12.3 Å². The Morgan fingerprint density at radius 2 is 1.83 bits per heavy atom. The number of fused-ring (bicyclic) bond motifs is 1. The number of anilines is 1. The largest absolute Gasteiger partial charge is 0.485 e. The number of likely N-dealkylation sites (N-methyl/N-ethyl adjacent to an activating group) is 1. The van der Waals surface area contributed by atoms with Gasteiger partial charge in [0.25, 0.3) is 0 Å². The Labute approximate surface area is 207 Å². The van der Waals surface area contributed by atoms with Crippen molar-refractivity contribution in [2.75, 3.05) is 44.7 Å². The van der Waals surface area contributed by atoms with E-state index in [9.17, 15) is 26.0 Å². The monoisotopic (exact) mass is 525 g/mol. The van der Waals surface area contributed by atoms with Gasteiger partial charge in [-0.3, -0.25) is 0 Å². The number of nitrogens with zero attached hydrogens (tertiary/aromatic N) is 2. The Morgan fingerprint density at radius 1 is 1.11 bits per heavy atom. The van der Waals surface area contributed by atoms with Crippen LogP contribution in [-0.2, 0) is 9.84 Å². The molecular weight excluding hydrogens is 498 g/mol.